The molecular weight excluding hydrogens is 348 g/mol. The Balaban J connectivity index is 0.00000156. The predicted octanol–water partition coefficient (Wildman–Crippen LogP) is 4.27. The van der Waals surface area contributed by atoms with Gasteiger partial charge >= 0.3 is 0 Å². The molecule has 2 aromatic heterocycles. The first-order valence-corrected chi connectivity index (χ1v) is 9.34. The Kier molecular flexibility index (Phi) is 5.21. The normalized spacial score (nSPS) is 18.0. The molecule has 1 fully saturated rings. The van der Waals surface area contributed by atoms with Crippen molar-refractivity contribution in [2.24, 2.45) is 5.92 Å². The van der Waals surface area contributed by atoms with Crippen LogP contribution in [0.5, 0.6) is 0 Å². The molecule has 1 atom stereocenters. The van der Waals surface area contributed by atoms with Crippen molar-refractivity contribution >= 4 is 60.5 Å². The Morgan fingerprint density at radius 1 is 1.26 bits per heavy atom. The van der Waals surface area contributed by atoms with E-state index in [1.165, 1.54) is 32.3 Å². The summed E-state index contributed by atoms with van der Waals surface area (Å²) < 4.78 is 3.75. The molecule has 1 amide bonds. The lowest BCUT2D eigenvalue weighted by atomic mass is 10.00. The largest absolute Gasteiger partial charge is 0.351 e. The maximum absolute atomic E-state index is 12.4. The van der Waals surface area contributed by atoms with Gasteiger partial charge in [-0.2, -0.15) is 0 Å². The van der Waals surface area contributed by atoms with Crippen LogP contribution < -0.4 is 10.6 Å². The van der Waals surface area contributed by atoms with Gasteiger partial charge in [-0.1, -0.05) is 18.2 Å². The lowest BCUT2D eigenvalue weighted by molar-refractivity contribution is 0.0949. The van der Waals surface area contributed by atoms with Crippen LogP contribution in [0.2, 0.25) is 0 Å². The number of hydrogen-bond acceptors (Lipinski definition) is 4. The van der Waals surface area contributed by atoms with E-state index in [0.29, 0.717) is 5.92 Å². The number of piperidine rings is 1. The Hall–Kier alpha value is -1.14. The number of halogens is 1. The zero-order valence-corrected chi connectivity index (χ0v) is 15.1. The monoisotopic (exact) mass is 366 g/mol. The van der Waals surface area contributed by atoms with Crippen LogP contribution in [0.15, 0.2) is 30.3 Å². The quantitative estimate of drug-likeness (QED) is 0.726. The highest BCUT2D eigenvalue weighted by Gasteiger charge is 2.17. The van der Waals surface area contributed by atoms with Gasteiger partial charge in [-0.15, -0.1) is 35.1 Å². The van der Waals surface area contributed by atoms with Crippen LogP contribution in [-0.4, -0.2) is 25.5 Å². The average molecular weight is 367 g/mol. The third kappa shape index (κ3) is 3.38. The first-order chi connectivity index (χ1) is 10.8. The van der Waals surface area contributed by atoms with Crippen molar-refractivity contribution in [3.63, 3.8) is 0 Å². The molecule has 4 rings (SSSR count). The zero-order valence-electron chi connectivity index (χ0n) is 12.6. The summed E-state index contributed by atoms with van der Waals surface area (Å²) in [4.78, 5) is 13.2. The molecule has 3 nitrogen and oxygen atoms in total. The molecular formula is C17H19ClN2OS2. The van der Waals surface area contributed by atoms with Crippen molar-refractivity contribution < 1.29 is 4.79 Å². The zero-order chi connectivity index (χ0) is 14.9. The van der Waals surface area contributed by atoms with Crippen molar-refractivity contribution in [1.29, 1.82) is 0 Å². The van der Waals surface area contributed by atoms with Gasteiger partial charge < -0.3 is 10.6 Å². The third-order valence-corrected chi connectivity index (χ3v) is 6.64. The van der Waals surface area contributed by atoms with Crippen LogP contribution in [0.3, 0.4) is 0 Å². The van der Waals surface area contributed by atoms with Gasteiger partial charge in [0.1, 0.15) is 0 Å². The molecule has 0 radical (unpaired) electrons. The van der Waals surface area contributed by atoms with Crippen molar-refractivity contribution in [2.75, 3.05) is 19.6 Å². The number of carbonyl (C=O) groups is 1. The second-order valence-corrected chi connectivity index (χ2v) is 7.96. The van der Waals surface area contributed by atoms with E-state index in [-0.39, 0.29) is 18.3 Å². The maximum Gasteiger partial charge on any atom is 0.261 e. The van der Waals surface area contributed by atoms with Gasteiger partial charge in [-0.05, 0) is 44.0 Å². The molecule has 1 aliphatic heterocycles. The first kappa shape index (κ1) is 16.7. The van der Waals surface area contributed by atoms with Crippen LogP contribution >= 0.6 is 35.1 Å². The van der Waals surface area contributed by atoms with E-state index >= 15 is 0 Å². The Labute approximate surface area is 149 Å². The van der Waals surface area contributed by atoms with E-state index < -0.39 is 0 Å². The molecule has 3 aromatic rings. The minimum absolute atomic E-state index is 0. The van der Waals surface area contributed by atoms with E-state index in [9.17, 15) is 4.79 Å². The third-order valence-electron chi connectivity index (χ3n) is 4.22. The molecule has 2 N–H and O–H groups in total. The standard InChI is InChI=1S/C17H18N2OS2.ClH/c20-17(19-10-11-4-3-7-18-9-11)15-8-14-16(22-15)12-5-1-2-6-13(12)21-14;/h1-2,5-6,8,11,18H,3-4,7,9-10H2,(H,19,20);1H. The molecule has 0 bridgehead atoms. The summed E-state index contributed by atoms with van der Waals surface area (Å²) in [5.74, 6) is 0.641. The molecule has 0 saturated carbocycles. The summed E-state index contributed by atoms with van der Waals surface area (Å²) >= 11 is 3.38. The summed E-state index contributed by atoms with van der Waals surface area (Å²) in [6.45, 7) is 2.90. The number of rotatable bonds is 3. The van der Waals surface area contributed by atoms with Gasteiger partial charge in [0.25, 0.3) is 5.91 Å². The molecule has 1 aliphatic rings. The molecule has 6 heteroatoms. The second kappa shape index (κ2) is 7.18. The number of amides is 1. The van der Waals surface area contributed by atoms with Crippen LogP contribution in [0.1, 0.15) is 22.5 Å². The fourth-order valence-electron chi connectivity index (χ4n) is 3.03. The number of nitrogens with one attached hydrogen (secondary N) is 2. The van der Waals surface area contributed by atoms with E-state index in [0.717, 1.165) is 24.5 Å². The number of fused-ring (bicyclic) bond motifs is 3. The molecule has 0 aliphatic carbocycles. The van der Waals surface area contributed by atoms with Gasteiger partial charge in [-0.25, -0.2) is 0 Å². The minimum Gasteiger partial charge on any atom is -0.351 e. The lowest BCUT2D eigenvalue weighted by Gasteiger charge is -2.22. The molecule has 0 spiro atoms. The maximum atomic E-state index is 12.4. The fourth-order valence-corrected chi connectivity index (χ4v) is 5.48. The number of hydrogen-bond donors (Lipinski definition) is 2. The van der Waals surface area contributed by atoms with Gasteiger partial charge in [0.05, 0.1) is 9.58 Å². The summed E-state index contributed by atoms with van der Waals surface area (Å²) in [6.07, 6.45) is 2.42. The highest BCUT2D eigenvalue weighted by molar-refractivity contribution is 7.33. The van der Waals surface area contributed by atoms with Crippen molar-refractivity contribution in [2.45, 2.75) is 12.8 Å². The van der Waals surface area contributed by atoms with Gasteiger partial charge in [-0.3, -0.25) is 4.79 Å². The van der Waals surface area contributed by atoms with Crippen molar-refractivity contribution in [3.8, 4) is 0 Å². The fraction of sp³-hybridized carbons (Fsp3) is 0.353. The Morgan fingerprint density at radius 2 is 2.13 bits per heavy atom. The summed E-state index contributed by atoms with van der Waals surface area (Å²) in [7, 11) is 0. The molecule has 23 heavy (non-hydrogen) atoms. The topological polar surface area (TPSA) is 41.1 Å². The summed E-state index contributed by atoms with van der Waals surface area (Å²) in [5.41, 5.74) is 0. The Bertz CT molecular complexity index is 820. The summed E-state index contributed by atoms with van der Waals surface area (Å²) in [6, 6.07) is 10.4. The van der Waals surface area contributed by atoms with E-state index in [4.69, 9.17) is 0 Å². The highest BCUT2D eigenvalue weighted by Crippen LogP contribution is 2.39. The van der Waals surface area contributed by atoms with Crippen molar-refractivity contribution in [3.05, 3.63) is 35.2 Å². The molecule has 1 aromatic carbocycles. The number of benzene rings is 1. The van der Waals surface area contributed by atoms with Gasteiger partial charge in [0, 0.05) is 21.3 Å². The Morgan fingerprint density at radius 3 is 2.96 bits per heavy atom. The highest BCUT2D eigenvalue weighted by atomic mass is 35.5. The lowest BCUT2D eigenvalue weighted by Crippen LogP contribution is -2.37. The molecule has 122 valence electrons. The minimum atomic E-state index is 0. The van der Waals surface area contributed by atoms with Crippen molar-refractivity contribution in [1.82, 2.24) is 10.6 Å². The number of thiophene rings is 2. The van der Waals surface area contributed by atoms with E-state index in [1.807, 2.05) is 6.07 Å². The van der Waals surface area contributed by atoms with Crippen LogP contribution in [0.4, 0.5) is 0 Å². The second-order valence-electron chi connectivity index (χ2n) is 5.82. The van der Waals surface area contributed by atoms with Crippen LogP contribution in [-0.2, 0) is 0 Å². The molecule has 1 saturated heterocycles. The number of carbonyl (C=O) groups excluding carboxylic acids is 1. The molecule has 1 unspecified atom stereocenters. The van der Waals surface area contributed by atoms with Gasteiger partial charge in [0.2, 0.25) is 0 Å². The summed E-state index contributed by atoms with van der Waals surface area (Å²) in [5, 5.41) is 7.76. The van der Waals surface area contributed by atoms with E-state index in [2.05, 4.69) is 34.9 Å². The average Bonchev–Trinajstić information content (AvgIpc) is 3.11. The van der Waals surface area contributed by atoms with E-state index in [1.54, 1.807) is 22.7 Å². The molecule has 3 heterocycles. The predicted molar refractivity (Wildman–Crippen MR) is 102 cm³/mol. The SMILES string of the molecule is Cl.O=C(NCC1CCCNC1)c1cc2sc3ccccc3c2s1. The van der Waals surface area contributed by atoms with Crippen LogP contribution in [0.25, 0.3) is 19.5 Å². The smallest absolute Gasteiger partial charge is 0.261 e. The van der Waals surface area contributed by atoms with Gasteiger partial charge in [0.15, 0.2) is 0 Å². The van der Waals surface area contributed by atoms with Crippen LogP contribution in [0, 0.1) is 5.92 Å². The first-order valence-electron chi connectivity index (χ1n) is 7.71.